The number of ketones is 1. The Kier molecular flexibility index (Phi) is 7.83. The highest BCUT2D eigenvalue weighted by atomic mass is 79.9. The fourth-order valence-corrected chi connectivity index (χ4v) is 4.35. The Bertz CT molecular complexity index is 1150. The number of phenols is 1. The summed E-state index contributed by atoms with van der Waals surface area (Å²) in [5.41, 5.74) is 0.277. The van der Waals surface area contributed by atoms with Crippen molar-refractivity contribution < 1.29 is 33.7 Å². The lowest BCUT2D eigenvalue weighted by molar-refractivity contribution is -0.139. The average molecular weight is 537 g/mol. The molecule has 3 rings (SSSR count). The Morgan fingerprint density at radius 3 is 2.41 bits per heavy atom. The standard InChI is InChI=1S/C24H26BrFN2O6/c1-27(2)8-5-9-28-20(14-10-15(25)22(30)18(12-14)34-4)19(23(31)24(28)32)21(29)13-6-7-17(33-3)16(26)11-13/h6-7,10-12,20,29-30H,5,8-9H2,1-4H3/t20-/m1/s1. The number of hydrogen-bond donors (Lipinski definition) is 2. The van der Waals surface area contributed by atoms with Crippen molar-refractivity contribution in [3.63, 3.8) is 0 Å². The van der Waals surface area contributed by atoms with Crippen LogP contribution in [0.25, 0.3) is 5.76 Å². The summed E-state index contributed by atoms with van der Waals surface area (Å²) in [5.74, 6) is -2.94. The topological polar surface area (TPSA) is 99.5 Å². The summed E-state index contributed by atoms with van der Waals surface area (Å²) in [6, 6.07) is 5.84. The third-order valence-electron chi connectivity index (χ3n) is 5.56. The molecule has 0 spiro atoms. The molecule has 0 aromatic heterocycles. The molecule has 1 aliphatic heterocycles. The van der Waals surface area contributed by atoms with Crippen LogP contribution < -0.4 is 9.47 Å². The van der Waals surface area contributed by atoms with Gasteiger partial charge in [0.05, 0.1) is 30.3 Å². The molecular weight excluding hydrogens is 511 g/mol. The van der Waals surface area contributed by atoms with Crippen molar-refractivity contribution in [3.05, 3.63) is 57.3 Å². The summed E-state index contributed by atoms with van der Waals surface area (Å²) in [7, 11) is 6.48. The molecule has 0 aliphatic carbocycles. The average Bonchev–Trinajstić information content (AvgIpc) is 3.05. The molecule has 0 unspecified atom stereocenters. The van der Waals surface area contributed by atoms with E-state index in [9.17, 15) is 24.2 Å². The van der Waals surface area contributed by atoms with Crippen LogP contribution in [0, 0.1) is 5.82 Å². The Morgan fingerprint density at radius 2 is 1.82 bits per heavy atom. The first-order chi connectivity index (χ1) is 16.1. The summed E-state index contributed by atoms with van der Waals surface area (Å²) in [5, 5.41) is 21.3. The number of carbonyl (C=O) groups excluding carboxylic acids is 2. The second kappa shape index (κ2) is 10.4. The number of phenolic OH excluding ortho intramolecular Hbond substituents is 1. The summed E-state index contributed by atoms with van der Waals surface area (Å²) >= 11 is 3.27. The molecule has 1 fully saturated rings. The highest BCUT2D eigenvalue weighted by molar-refractivity contribution is 9.10. The molecule has 2 aromatic carbocycles. The first kappa shape index (κ1) is 25.5. The lowest BCUT2D eigenvalue weighted by Crippen LogP contribution is -2.32. The minimum absolute atomic E-state index is 0.0237. The smallest absolute Gasteiger partial charge is 0.295 e. The van der Waals surface area contributed by atoms with E-state index in [1.807, 2.05) is 19.0 Å². The van der Waals surface area contributed by atoms with Crippen molar-refractivity contribution in [3.8, 4) is 17.2 Å². The molecule has 1 amide bonds. The number of nitrogens with zero attached hydrogens (tertiary/aromatic N) is 2. The number of rotatable bonds is 8. The predicted octanol–water partition coefficient (Wildman–Crippen LogP) is 3.68. The van der Waals surface area contributed by atoms with Crippen LogP contribution in [0.15, 0.2) is 40.4 Å². The van der Waals surface area contributed by atoms with Crippen molar-refractivity contribution in [2.24, 2.45) is 0 Å². The van der Waals surface area contributed by atoms with E-state index in [0.29, 0.717) is 18.5 Å². The van der Waals surface area contributed by atoms with Gasteiger partial charge in [-0.1, -0.05) is 0 Å². The van der Waals surface area contributed by atoms with Crippen molar-refractivity contribution in [1.82, 2.24) is 9.80 Å². The van der Waals surface area contributed by atoms with E-state index in [4.69, 9.17) is 9.47 Å². The van der Waals surface area contributed by atoms with E-state index < -0.39 is 29.3 Å². The molecule has 182 valence electrons. The van der Waals surface area contributed by atoms with Crippen LogP contribution in [0.3, 0.4) is 0 Å². The lowest BCUT2D eigenvalue weighted by Gasteiger charge is -2.26. The van der Waals surface area contributed by atoms with Gasteiger partial charge in [-0.25, -0.2) is 4.39 Å². The number of methoxy groups -OCH3 is 2. The van der Waals surface area contributed by atoms with Gasteiger partial charge in [0.2, 0.25) is 0 Å². The van der Waals surface area contributed by atoms with Gasteiger partial charge in [-0.05, 0) is 78.9 Å². The third-order valence-corrected chi connectivity index (χ3v) is 6.16. The van der Waals surface area contributed by atoms with E-state index in [1.165, 1.54) is 37.3 Å². The number of likely N-dealkylation sites (tertiary alicyclic amines) is 1. The number of Topliss-reactive ketones (excluding diaryl/α,β-unsaturated/α-hetero) is 1. The zero-order valence-corrected chi connectivity index (χ0v) is 20.8. The molecular formula is C24H26BrFN2O6. The monoisotopic (exact) mass is 536 g/mol. The van der Waals surface area contributed by atoms with Crippen molar-refractivity contribution in [1.29, 1.82) is 0 Å². The maximum atomic E-state index is 14.3. The zero-order chi connectivity index (χ0) is 25.2. The predicted molar refractivity (Wildman–Crippen MR) is 127 cm³/mol. The van der Waals surface area contributed by atoms with Crippen LogP contribution >= 0.6 is 15.9 Å². The fraction of sp³-hybridized carbons (Fsp3) is 0.333. The van der Waals surface area contributed by atoms with Crippen LogP contribution in [0.4, 0.5) is 4.39 Å². The summed E-state index contributed by atoms with van der Waals surface area (Å²) in [6.07, 6.45) is 0.574. The van der Waals surface area contributed by atoms with Gasteiger partial charge in [0, 0.05) is 12.1 Å². The van der Waals surface area contributed by atoms with Crippen LogP contribution in [0.1, 0.15) is 23.6 Å². The van der Waals surface area contributed by atoms with Crippen LogP contribution in [-0.2, 0) is 9.59 Å². The number of carbonyl (C=O) groups is 2. The summed E-state index contributed by atoms with van der Waals surface area (Å²) in [6.45, 7) is 0.907. The van der Waals surface area contributed by atoms with Gasteiger partial charge < -0.3 is 29.5 Å². The molecule has 2 N–H and O–H groups in total. The number of benzene rings is 2. The van der Waals surface area contributed by atoms with Crippen LogP contribution in [0.2, 0.25) is 0 Å². The number of halogens is 2. The van der Waals surface area contributed by atoms with Gasteiger partial charge in [0.15, 0.2) is 23.1 Å². The Labute approximate surface area is 205 Å². The van der Waals surface area contributed by atoms with Gasteiger partial charge in [-0.2, -0.15) is 0 Å². The lowest BCUT2D eigenvalue weighted by atomic mass is 9.94. The van der Waals surface area contributed by atoms with Gasteiger partial charge in [-0.15, -0.1) is 0 Å². The number of aliphatic hydroxyl groups excluding tert-OH is 1. The van der Waals surface area contributed by atoms with Crippen LogP contribution in [0.5, 0.6) is 17.2 Å². The van der Waals surface area contributed by atoms with E-state index in [1.54, 1.807) is 6.07 Å². The molecule has 0 saturated carbocycles. The highest BCUT2D eigenvalue weighted by Crippen LogP contribution is 2.44. The molecule has 1 heterocycles. The third kappa shape index (κ3) is 4.88. The van der Waals surface area contributed by atoms with E-state index in [2.05, 4.69) is 15.9 Å². The van der Waals surface area contributed by atoms with Gasteiger partial charge >= 0.3 is 0 Å². The number of aliphatic hydroxyl groups is 1. The van der Waals surface area contributed by atoms with Crippen molar-refractivity contribution in [2.75, 3.05) is 41.4 Å². The molecule has 0 radical (unpaired) electrons. The number of ether oxygens (including phenoxy) is 2. The molecule has 1 atom stereocenters. The Hall–Kier alpha value is -3.11. The molecule has 34 heavy (non-hydrogen) atoms. The van der Waals surface area contributed by atoms with E-state index in [0.717, 1.165) is 6.07 Å². The molecule has 1 saturated heterocycles. The van der Waals surface area contributed by atoms with Gasteiger partial charge in [-0.3, -0.25) is 9.59 Å². The summed E-state index contributed by atoms with van der Waals surface area (Å²) < 4.78 is 24.8. The SMILES string of the molecule is COc1ccc(C(O)=C2C(=O)C(=O)N(CCCN(C)C)[C@@H]2c2cc(Br)c(O)c(OC)c2)cc1F. The van der Waals surface area contributed by atoms with E-state index >= 15 is 0 Å². The minimum atomic E-state index is -0.974. The largest absolute Gasteiger partial charge is 0.507 e. The van der Waals surface area contributed by atoms with Crippen LogP contribution in [-0.4, -0.2) is 73.1 Å². The first-order valence-corrected chi connectivity index (χ1v) is 11.2. The summed E-state index contributed by atoms with van der Waals surface area (Å²) in [4.78, 5) is 29.4. The molecule has 10 heteroatoms. The zero-order valence-electron chi connectivity index (χ0n) is 19.3. The second-order valence-corrected chi connectivity index (χ2v) is 8.91. The molecule has 0 bridgehead atoms. The molecule has 1 aliphatic rings. The molecule has 2 aromatic rings. The van der Waals surface area contributed by atoms with Crippen molar-refractivity contribution in [2.45, 2.75) is 12.5 Å². The maximum Gasteiger partial charge on any atom is 0.295 e. The molecule has 8 nitrogen and oxygen atoms in total. The number of hydrogen-bond acceptors (Lipinski definition) is 7. The first-order valence-electron chi connectivity index (χ1n) is 10.4. The maximum absolute atomic E-state index is 14.3. The number of aromatic hydroxyl groups is 1. The second-order valence-electron chi connectivity index (χ2n) is 8.05. The van der Waals surface area contributed by atoms with Crippen molar-refractivity contribution >= 4 is 33.4 Å². The van der Waals surface area contributed by atoms with Gasteiger partial charge in [0.25, 0.3) is 11.7 Å². The quantitative estimate of drug-likeness (QED) is 0.301. The Balaban J connectivity index is 2.19. The normalized spacial score (nSPS) is 17.5. The van der Waals surface area contributed by atoms with E-state index in [-0.39, 0.29) is 39.4 Å². The minimum Gasteiger partial charge on any atom is -0.507 e. The number of amides is 1. The highest BCUT2D eigenvalue weighted by Gasteiger charge is 2.46. The fourth-order valence-electron chi connectivity index (χ4n) is 3.89. The van der Waals surface area contributed by atoms with Gasteiger partial charge in [0.1, 0.15) is 5.76 Å². The Morgan fingerprint density at radius 1 is 1.15 bits per heavy atom.